The molecule has 0 saturated heterocycles. The monoisotopic (exact) mass is 271 g/mol. The predicted molar refractivity (Wildman–Crippen MR) is 73.9 cm³/mol. The molecule has 0 radical (unpaired) electrons. The Bertz CT molecular complexity index is 416. The lowest BCUT2D eigenvalue weighted by atomic mass is 9.82. The lowest BCUT2D eigenvalue weighted by Crippen LogP contribution is -2.45. The number of furan rings is 1. The average molecular weight is 272 g/mol. The molecular formula is C14H22ClNO2. The molecule has 0 aliphatic rings. The van der Waals surface area contributed by atoms with Crippen LogP contribution in [0.15, 0.2) is 16.5 Å². The molecule has 0 unspecified atom stereocenters. The van der Waals surface area contributed by atoms with Crippen LogP contribution in [-0.4, -0.2) is 11.4 Å². The molecule has 1 N–H and O–H groups in total. The standard InChI is InChI=1S/C14H22ClNO2/c1-13(2,3)9-14(4,5)16-12(17)11-7-6-10(8-15)18-11/h6-7H,8-9H2,1-5H3,(H,16,17). The van der Waals surface area contributed by atoms with Gasteiger partial charge in [-0.25, -0.2) is 0 Å². The Morgan fingerprint density at radius 2 is 1.89 bits per heavy atom. The fourth-order valence-corrected chi connectivity index (χ4v) is 2.45. The molecule has 1 aromatic rings. The lowest BCUT2D eigenvalue weighted by Gasteiger charge is -2.33. The quantitative estimate of drug-likeness (QED) is 0.842. The highest BCUT2D eigenvalue weighted by Crippen LogP contribution is 2.27. The highest BCUT2D eigenvalue weighted by Gasteiger charge is 2.28. The molecule has 18 heavy (non-hydrogen) atoms. The van der Waals surface area contributed by atoms with E-state index in [1.54, 1.807) is 12.1 Å². The second-order valence-electron chi connectivity index (χ2n) is 6.48. The zero-order chi connectivity index (χ0) is 14.0. The van der Waals surface area contributed by atoms with Gasteiger partial charge < -0.3 is 9.73 Å². The van der Waals surface area contributed by atoms with Gasteiger partial charge in [-0.05, 0) is 37.8 Å². The van der Waals surface area contributed by atoms with Crippen LogP contribution in [0, 0.1) is 5.41 Å². The first-order valence-corrected chi connectivity index (χ1v) is 6.64. The smallest absolute Gasteiger partial charge is 0.287 e. The first-order chi connectivity index (χ1) is 8.13. The average Bonchev–Trinajstić information content (AvgIpc) is 2.60. The van der Waals surface area contributed by atoms with Gasteiger partial charge in [0, 0.05) is 5.54 Å². The fourth-order valence-electron chi connectivity index (χ4n) is 2.31. The molecule has 0 fully saturated rings. The molecule has 0 aliphatic heterocycles. The molecule has 4 heteroatoms. The van der Waals surface area contributed by atoms with Crippen LogP contribution in [-0.2, 0) is 5.88 Å². The Labute approximate surface area is 114 Å². The number of carbonyl (C=O) groups excluding carboxylic acids is 1. The third kappa shape index (κ3) is 4.73. The van der Waals surface area contributed by atoms with Gasteiger partial charge in [0.25, 0.3) is 5.91 Å². The van der Waals surface area contributed by atoms with Crippen molar-refractivity contribution < 1.29 is 9.21 Å². The summed E-state index contributed by atoms with van der Waals surface area (Å²) >= 11 is 5.64. The summed E-state index contributed by atoms with van der Waals surface area (Å²) in [6.45, 7) is 10.5. The normalized spacial score (nSPS) is 12.6. The third-order valence-electron chi connectivity index (χ3n) is 2.44. The second kappa shape index (κ2) is 5.35. The molecule has 3 nitrogen and oxygen atoms in total. The number of amides is 1. The van der Waals surface area contributed by atoms with Crippen molar-refractivity contribution in [2.24, 2.45) is 5.41 Å². The van der Waals surface area contributed by atoms with Gasteiger partial charge in [0.2, 0.25) is 0 Å². The molecule has 0 bridgehead atoms. The Hall–Kier alpha value is -0.960. The van der Waals surface area contributed by atoms with Crippen molar-refractivity contribution in [1.29, 1.82) is 0 Å². The number of halogens is 1. The third-order valence-corrected chi connectivity index (χ3v) is 2.70. The number of alkyl halides is 1. The van der Waals surface area contributed by atoms with Gasteiger partial charge in [-0.15, -0.1) is 11.6 Å². The van der Waals surface area contributed by atoms with E-state index in [4.69, 9.17) is 16.0 Å². The number of rotatable bonds is 4. The van der Waals surface area contributed by atoms with Crippen LogP contribution in [0.25, 0.3) is 0 Å². The predicted octanol–water partition coefficient (Wildman–Crippen LogP) is 3.96. The zero-order valence-electron chi connectivity index (χ0n) is 11.8. The molecule has 1 aromatic heterocycles. The molecule has 0 spiro atoms. The second-order valence-corrected chi connectivity index (χ2v) is 6.74. The van der Waals surface area contributed by atoms with Crippen molar-refractivity contribution in [3.8, 4) is 0 Å². The molecule has 102 valence electrons. The molecule has 1 rings (SSSR count). The van der Waals surface area contributed by atoms with Crippen LogP contribution in [0.3, 0.4) is 0 Å². The van der Waals surface area contributed by atoms with Crippen molar-refractivity contribution in [3.05, 3.63) is 23.7 Å². The van der Waals surface area contributed by atoms with E-state index in [0.717, 1.165) is 6.42 Å². The van der Waals surface area contributed by atoms with Gasteiger partial charge in [0.05, 0.1) is 5.88 Å². The Balaban J connectivity index is 2.69. The lowest BCUT2D eigenvalue weighted by molar-refractivity contribution is 0.0861. The SMILES string of the molecule is CC(C)(C)CC(C)(C)NC(=O)c1ccc(CCl)o1. The van der Waals surface area contributed by atoms with Crippen molar-refractivity contribution in [2.75, 3.05) is 0 Å². The van der Waals surface area contributed by atoms with E-state index in [1.807, 2.05) is 13.8 Å². The van der Waals surface area contributed by atoms with Crippen molar-refractivity contribution >= 4 is 17.5 Å². The number of hydrogen-bond acceptors (Lipinski definition) is 2. The summed E-state index contributed by atoms with van der Waals surface area (Å²) < 4.78 is 5.33. The van der Waals surface area contributed by atoms with Crippen LogP contribution in [0.1, 0.15) is 57.4 Å². The van der Waals surface area contributed by atoms with Gasteiger partial charge in [-0.1, -0.05) is 20.8 Å². The minimum atomic E-state index is -0.275. The number of hydrogen-bond donors (Lipinski definition) is 1. The summed E-state index contributed by atoms with van der Waals surface area (Å²) in [7, 11) is 0. The zero-order valence-corrected chi connectivity index (χ0v) is 12.5. The minimum Gasteiger partial charge on any atom is -0.455 e. The van der Waals surface area contributed by atoms with Crippen molar-refractivity contribution in [2.45, 2.75) is 52.5 Å². The highest BCUT2D eigenvalue weighted by molar-refractivity contribution is 6.16. The Kier molecular flexibility index (Phi) is 4.49. The maximum atomic E-state index is 12.0. The van der Waals surface area contributed by atoms with E-state index in [-0.39, 0.29) is 22.7 Å². The largest absolute Gasteiger partial charge is 0.455 e. The van der Waals surface area contributed by atoms with Crippen LogP contribution in [0.2, 0.25) is 0 Å². The van der Waals surface area contributed by atoms with E-state index in [0.29, 0.717) is 11.5 Å². The van der Waals surface area contributed by atoms with Gasteiger partial charge in [0.1, 0.15) is 5.76 Å². The number of nitrogens with one attached hydrogen (secondary N) is 1. The van der Waals surface area contributed by atoms with E-state index >= 15 is 0 Å². The Morgan fingerprint density at radius 3 is 2.33 bits per heavy atom. The van der Waals surface area contributed by atoms with Crippen LogP contribution in [0.4, 0.5) is 0 Å². The van der Waals surface area contributed by atoms with Gasteiger partial charge >= 0.3 is 0 Å². The first kappa shape index (κ1) is 15.1. The van der Waals surface area contributed by atoms with Crippen molar-refractivity contribution in [3.63, 3.8) is 0 Å². The van der Waals surface area contributed by atoms with Gasteiger partial charge in [0.15, 0.2) is 5.76 Å². The molecule has 0 aromatic carbocycles. The highest BCUT2D eigenvalue weighted by atomic mass is 35.5. The molecule has 1 heterocycles. The summed E-state index contributed by atoms with van der Waals surface area (Å²) in [5.41, 5.74) is -0.121. The van der Waals surface area contributed by atoms with Crippen LogP contribution in [0.5, 0.6) is 0 Å². The molecule has 1 amide bonds. The molecule has 0 saturated carbocycles. The van der Waals surface area contributed by atoms with E-state index < -0.39 is 0 Å². The van der Waals surface area contributed by atoms with Gasteiger partial charge in [-0.2, -0.15) is 0 Å². The van der Waals surface area contributed by atoms with Crippen LogP contribution < -0.4 is 5.32 Å². The maximum absolute atomic E-state index is 12.0. The van der Waals surface area contributed by atoms with Crippen molar-refractivity contribution in [1.82, 2.24) is 5.32 Å². The topological polar surface area (TPSA) is 42.2 Å². The first-order valence-electron chi connectivity index (χ1n) is 6.10. The summed E-state index contributed by atoms with van der Waals surface area (Å²) in [4.78, 5) is 12.0. The van der Waals surface area contributed by atoms with E-state index in [2.05, 4.69) is 26.1 Å². The molecule has 0 aliphatic carbocycles. The fraction of sp³-hybridized carbons (Fsp3) is 0.643. The summed E-state index contributed by atoms with van der Waals surface area (Å²) in [5, 5.41) is 2.99. The summed E-state index contributed by atoms with van der Waals surface area (Å²) in [6, 6.07) is 3.37. The summed E-state index contributed by atoms with van der Waals surface area (Å²) in [6.07, 6.45) is 0.884. The maximum Gasteiger partial charge on any atom is 0.287 e. The Morgan fingerprint density at radius 1 is 1.28 bits per heavy atom. The van der Waals surface area contributed by atoms with Crippen LogP contribution >= 0.6 is 11.6 Å². The van der Waals surface area contributed by atoms with Gasteiger partial charge in [-0.3, -0.25) is 4.79 Å². The molecular weight excluding hydrogens is 250 g/mol. The van der Waals surface area contributed by atoms with E-state index in [1.165, 1.54) is 0 Å². The summed E-state index contributed by atoms with van der Waals surface area (Å²) in [5.74, 6) is 1.00. The minimum absolute atomic E-state index is 0.154. The van der Waals surface area contributed by atoms with E-state index in [9.17, 15) is 4.79 Å². The molecule has 0 atom stereocenters. The number of carbonyl (C=O) groups is 1.